The molecular formula is C14H20FNO2. The maximum Gasteiger partial charge on any atom is 0.126 e. The highest BCUT2D eigenvalue weighted by molar-refractivity contribution is 5.28. The zero-order valence-electron chi connectivity index (χ0n) is 10.9. The molecule has 1 aromatic carbocycles. The van der Waals surface area contributed by atoms with Crippen LogP contribution >= 0.6 is 0 Å². The van der Waals surface area contributed by atoms with Crippen LogP contribution in [0.15, 0.2) is 18.2 Å². The van der Waals surface area contributed by atoms with Crippen LogP contribution in [0.2, 0.25) is 0 Å². The number of hydrogen-bond acceptors (Lipinski definition) is 3. The number of benzene rings is 1. The first-order chi connectivity index (χ1) is 8.46. The minimum Gasteiger partial charge on any atom is -0.491 e. The molecule has 0 heterocycles. The molecule has 1 atom stereocenters. The second-order valence-electron chi connectivity index (χ2n) is 5.35. The number of hydrogen-bond donors (Lipinski definition) is 2. The molecule has 0 spiro atoms. The number of ether oxygens (including phenoxy) is 1. The van der Waals surface area contributed by atoms with Gasteiger partial charge < -0.3 is 15.2 Å². The summed E-state index contributed by atoms with van der Waals surface area (Å²) in [7, 11) is 0. The van der Waals surface area contributed by atoms with Gasteiger partial charge in [-0.25, -0.2) is 4.39 Å². The van der Waals surface area contributed by atoms with Gasteiger partial charge in [0.25, 0.3) is 0 Å². The smallest absolute Gasteiger partial charge is 0.126 e. The minimum atomic E-state index is -0.912. The van der Waals surface area contributed by atoms with E-state index >= 15 is 0 Å². The van der Waals surface area contributed by atoms with Crippen LogP contribution in [0.25, 0.3) is 0 Å². The third-order valence-electron chi connectivity index (χ3n) is 3.03. The molecule has 0 amide bonds. The van der Waals surface area contributed by atoms with Gasteiger partial charge in [0.15, 0.2) is 0 Å². The Kier molecular flexibility index (Phi) is 3.88. The summed E-state index contributed by atoms with van der Waals surface area (Å²) in [6.07, 6.45) is 2.38. The molecule has 1 saturated carbocycles. The molecule has 1 aromatic rings. The van der Waals surface area contributed by atoms with Gasteiger partial charge in [-0.2, -0.15) is 0 Å². The monoisotopic (exact) mass is 253 g/mol. The fraction of sp³-hybridized carbons (Fsp3) is 0.571. The van der Waals surface area contributed by atoms with Crippen molar-refractivity contribution in [3.63, 3.8) is 0 Å². The van der Waals surface area contributed by atoms with Crippen LogP contribution < -0.4 is 10.1 Å². The van der Waals surface area contributed by atoms with Gasteiger partial charge >= 0.3 is 0 Å². The molecule has 100 valence electrons. The molecular weight excluding hydrogens is 233 g/mol. The number of aliphatic hydroxyl groups is 1. The van der Waals surface area contributed by atoms with E-state index < -0.39 is 5.60 Å². The van der Waals surface area contributed by atoms with Crippen LogP contribution in [0.3, 0.4) is 0 Å². The zero-order valence-corrected chi connectivity index (χ0v) is 10.9. The summed E-state index contributed by atoms with van der Waals surface area (Å²) < 4.78 is 18.6. The van der Waals surface area contributed by atoms with Crippen molar-refractivity contribution in [1.29, 1.82) is 0 Å². The van der Waals surface area contributed by atoms with Crippen molar-refractivity contribution in [2.24, 2.45) is 0 Å². The van der Waals surface area contributed by atoms with E-state index in [1.165, 1.54) is 18.9 Å². The van der Waals surface area contributed by atoms with Gasteiger partial charge in [-0.05, 0) is 50.5 Å². The lowest BCUT2D eigenvalue weighted by Crippen LogP contribution is -2.43. The normalized spacial score (nSPS) is 18.4. The SMILES string of the molecule is Cc1cc(OCC(C)(O)CNC2CC2)ccc1F. The molecule has 0 bridgehead atoms. The van der Waals surface area contributed by atoms with Crippen molar-refractivity contribution in [3.05, 3.63) is 29.6 Å². The molecule has 0 radical (unpaired) electrons. The second-order valence-corrected chi connectivity index (χ2v) is 5.35. The fourth-order valence-electron chi connectivity index (χ4n) is 1.65. The Labute approximate surface area is 107 Å². The molecule has 1 fully saturated rings. The number of rotatable bonds is 6. The van der Waals surface area contributed by atoms with Crippen LogP contribution in [0, 0.1) is 12.7 Å². The van der Waals surface area contributed by atoms with E-state index in [0.717, 1.165) is 0 Å². The molecule has 2 N–H and O–H groups in total. The predicted octanol–water partition coefficient (Wildman–Crippen LogP) is 2.02. The van der Waals surface area contributed by atoms with Crippen LogP contribution in [0.1, 0.15) is 25.3 Å². The maximum absolute atomic E-state index is 13.1. The van der Waals surface area contributed by atoms with E-state index in [1.807, 2.05) is 0 Å². The van der Waals surface area contributed by atoms with Crippen molar-refractivity contribution in [1.82, 2.24) is 5.32 Å². The van der Waals surface area contributed by atoms with Crippen molar-refractivity contribution in [2.75, 3.05) is 13.2 Å². The highest BCUT2D eigenvalue weighted by Gasteiger charge is 2.27. The lowest BCUT2D eigenvalue weighted by atomic mass is 10.1. The Bertz CT molecular complexity index is 416. The van der Waals surface area contributed by atoms with Crippen LogP contribution in [-0.4, -0.2) is 29.9 Å². The zero-order chi connectivity index (χ0) is 13.2. The Morgan fingerprint density at radius 1 is 1.50 bits per heavy atom. The van der Waals surface area contributed by atoms with Crippen molar-refractivity contribution in [2.45, 2.75) is 38.3 Å². The third kappa shape index (κ3) is 3.96. The number of aryl methyl sites for hydroxylation is 1. The highest BCUT2D eigenvalue weighted by Crippen LogP contribution is 2.20. The molecule has 3 nitrogen and oxygen atoms in total. The molecule has 0 aliphatic heterocycles. The summed E-state index contributed by atoms with van der Waals surface area (Å²) in [6, 6.07) is 5.15. The molecule has 0 aromatic heterocycles. The van der Waals surface area contributed by atoms with Gasteiger partial charge in [0.2, 0.25) is 0 Å². The first-order valence-electron chi connectivity index (χ1n) is 6.31. The summed E-state index contributed by atoms with van der Waals surface area (Å²) in [5.41, 5.74) is -0.367. The molecule has 0 saturated heterocycles. The van der Waals surface area contributed by atoms with Gasteiger partial charge in [0.05, 0.1) is 0 Å². The van der Waals surface area contributed by atoms with Crippen LogP contribution in [0.5, 0.6) is 5.75 Å². The molecule has 1 aliphatic rings. The van der Waals surface area contributed by atoms with Gasteiger partial charge in [-0.3, -0.25) is 0 Å². The molecule has 4 heteroatoms. The van der Waals surface area contributed by atoms with E-state index in [0.29, 0.717) is 23.9 Å². The minimum absolute atomic E-state index is 0.192. The number of halogens is 1. The molecule has 2 rings (SSSR count). The van der Waals surface area contributed by atoms with E-state index in [1.54, 1.807) is 26.0 Å². The van der Waals surface area contributed by atoms with E-state index in [2.05, 4.69) is 5.32 Å². The van der Waals surface area contributed by atoms with Crippen molar-refractivity contribution >= 4 is 0 Å². The predicted molar refractivity (Wildman–Crippen MR) is 68.3 cm³/mol. The van der Waals surface area contributed by atoms with Crippen molar-refractivity contribution in [3.8, 4) is 5.75 Å². The van der Waals surface area contributed by atoms with E-state index in [9.17, 15) is 9.50 Å². The first-order valence-corrected chi connectivity index (χ1v) is 6.31. The quantitative estimate of drug-likeness (QED) is 0.815. The van der Waals surface area contributed by atoms with Gasteiger partial charge in [0, 0.05) is 12.6 Å². The average Bonchev–Trinajstić information content (AvgIpc) is 3.12. The van der Waals surface area contributed by atoms with E-state index in [4.69, 9.17) is 4.74 Å². The average molecular weight is 253 g/mol. The molecule has 1 aliphatic carbocycles. The largest absolute Gasteiger partial charge is 0.491 e. The summed E-state index contributed by atoms with van der Waals surface area (Å²) in [6.45, 7) is 4.13. The van der Waals surface area contributed by atoms with Crippen molar-refractivity contribution < 1.29 is 14.2 Å². The summed E-state index contributed by atoms with van der Waals surface area (Å²) in [5, 5.41) is 13.4. The van der Waals surface area contributed by atoms with E-state index in [-0.39, 0.29) is 12.4 Å². The second kappa shape index (κ2) is 5.24. The first kappa shape index (κ1) is 13.3. The fourth-order valence-corrected chi connectivity index (χ4v) is 1.65. The maximum atomic E-state index is 13.1. The number of nitrogens with one attached hydrogen (secondary N) is 1. The standard InChI is InChI=1S/C14H20FNO2/c1-10-7-12(5-6-13(10)15)18-9-14(2,17)8-16-11-3-4-11/h5-7,11,16-17H,3-4,8-9H2,1-2H3. The van der Waals surface area contributed by atoms with Gasteiger partial charge in [0.1, 0.15) is 23.8 Å². The topological polar surface area (TPSA) is 41.5 Å². The highest BCUT2D eigenvalue weighted by atomic mass is 19.1. The van der Waals surface area contributed by atoms with Gasteiger partial charge in [-0.15, -0.1) is 0 Å². The lowest BCUT2D eigenvalue weighted by Gasteiger charge is -2.24. The Hall–Kier alpha value is -1.13. The molecule has 18 heavy (non-hydrogen) atoms. The summed E-state index contributed by atoms with van der Waals surface area (Å²) in [5.74, 6) is 0.338. The lowest BCUT2D eigenvalue weighted by molar-refractivity contribution is 0.0120. The Morgan fingerprint density at radius 2 is 2.22 bits per heavy atom. The Balaban J connectivity index is 1.82. The Morgan fingerprint density at radius 3 is 2.83 bits per heavy atom. The summed E-state index contributed by atoms with van der Waals surface area (Å²) >= 11 is 0. The van der Waals surface area contributed by atoms with Crippen LogP contribution in [-0.2, 0) is 0 Å². The van der Waals surface area contributed by atoms with Gasteiger partial charge in [-0.1, -0.05) is 0 Å². The summed E-state index contributed by atoms with van der Waals surface area (Å²) in [4.78, 5) is 0. The molecule has 1 unspecified atom stereocenters. The van der Waals surface area contributed by atoms with Crippen LogP contribution in [0.4, 0.5) is 4.39 Å². The third-order valence-corrected chi connectivity index (χ3v) is 3.03.